The third kappa shape index (κ3) is 9.03. The fourth-order valence-corrected chi connectivity index (χ4v) is 24.2. The summed E-state index contributed by atoms with van der Waals surface area (Å²) < 4.78 is 2.55. The second kappa shape index (κ2) is 25.4. The Kier molecular flexibility index (Phi) is 13.9. The monoisotopic (exact) mass is 1550 g/mol. The van der Waals surface area contributed by atoms with Gasteiger partial charge in [-0.2, -0.15) is 0 Å². The summed E-state index contributed by atoms with van der Waals surface area (Å²) in [5.74, 6) is 0. The van der Waals surface area contributed by atoms with Gasteiger partial charge in [0.2, 0.25) is 26.9 Å². The van der Waals surface area contributed by atoms with E-state index in [4.69, 9.17) is 0 Å². The van der Waals surface area contributed by atoms with E-state index in [1.165, 1.54) is 261 Å². The van der Waals surface area contributed by atoms with Gasteiger partial charge in [0.05, 0.1) is 11.2 Å². The molecule has 31 rings (SSSR count). The van der Waals surface area contributed by atoms with Gasteiger partial charge in [-0.25, -0.2) is 0 Å². The van der Waals surface area contributed by atoms with E-state index in [-0.39, 0.29) is 6.71 Å². The number of benzene rings is 19. The number of aromatic nitrogens is 1. The van der Waals surface area contributed by atoms with E-state index in [2.05, 4.69) is 432 Å². The number of nitrogens with zero attached hydrogens (tertiary/aromatic N) is 4. The zero-order valence-electron chi connectivity index (χ0n) is 67.3. The minimum Gasteiger partial charge on any atom is -0.311 e. The fourth-order valence-electron chi connectivity index (χ4n) is 24.2. The SMILES string of the molecule is Cc1ccc2c3c1c1cccc4c5cccc(c5n3c41)B2c1ccccc1.c1ccc(-c2cc3c4c(c2)N(c2ccccc2)c2cccc5c2B4c2c-5cccc2-3)cc1.c1ccc(-c2ccc3c4c2N(c2ccccc2)c2cccc5c2B4c2c-5cccc2-3)cc1.c1ccc(-c2ccccc2N2c3cccc4c3B3c5c-4cccc5-c4cccc2c43)cc1. The second-order valence-electron chi connectivity index (χ2n) is 34.5. The molecular formula is C115H70B4N4. The Morgan fingerprint density at radius 3 is 1.11 bits per heavy atom. The van der Waals surface area contributed by atoms with Crippen molar-refractivity contribution in [2.24, 2.45) is 0 Å². The number of aryl methyl sites for hydroxylation is 1. The van der Waals surface area contributed by atoms with Crippen molar-refractivity contribution < 1.29 is 0 Å². The molecule has 0 N–H and O–H groups in total. The molecule has 8 heteroatoms. The molecule has 0 unspecified atom stereocenters. The van der Waals surface area contributed by atoms with Gasteiger partial charge in [0, 0.05) is 89.2 Å². The van der Waals surface area contributed by atoms with E-state index in [9.17, 15) is 0 Å². The molecule has 0 atom stereocenters. The van der Waals surface area contributed by atoms with Gasteiger partial charge in [-0.15, -0.1) is 0 Å². The van der Waals surface area contributed by atoms with Gasteiger partial charge in [0.25, 0.3) is 0 Å². The third-order valence-electron chi connectivity index (χ3n) is 28.7. The minimum absolute atomic E-state index is 0.287. The van der Waals surface area contributed by atoms with Gasteiger partial charge in [0.15, 0.2) is 0 Å². The Hall–Kier alpha value is -15.4. The molecule has 0 radical (unpaired) electrons. The minimum atomic E-state index is 0.287. The van der Waals surface area contributed by atoms with Crippen LogP contribution in [-0.2, 0) is 0 Å². The standard InChI is InChI=1S/3C30H18BN.C25H16BN/c1-3-9-19(10-4-1)20-17-25-24-14-7-13-22-23-15-8-16-26-29(23)31(28(22)24)30(25)27(18-20)32(26)21-11-5-2-6-12-21;1-3-9-19(10-4-1)21-17-18-25-23-14-7-13-22-24-15-8-16-26-28(24)31(27(22)23)29(25)30(21)32(26)20-11-5-2-6-12-20;1-2-9-19(10-3-1)20-11-4-5-16-25(20)32-26-17-7-14-23-21-12-6-13-22-24-15-8-18-27(32)30(24)31(28(21)22)29(23)26;1-15-13-14-21-25-22(15)19-11-5-9-17-18-10-6-12-20(24(18)27(25)23(17)19)26(21)16-7-3-2-4-8-16/h3*1-18H;2-14H,1H3. The quantitative estimate of drug-likeness (QED) is 0.148. The summed E-state index contributed by atoms with van der Waals surface area (Å²) in [5.41, 5.74) is 59.0. The maximum absolute atomic E-state index is 2.55. The molecule has 0 amide bonds. The maximum atomic E-state index is 2.55. The van der Waals surface area contributed by atoms with Crippen molar-refractivity contribution >= 4 is 182 Å². The summed E-state index contributed by atoms with van der Waals surface area (Å²) >= 11 is 0. The van der Waals surface area contributed by atoms with Crippen molar-refractivity contribution in [1.82, 2.24) is 4.40 Å². The van der Waals surface area contributed by atoms with E-state index >= 15 is 0 Å². The highest BCUT2D eigenvalue weighted by atomic mass is 15.2. The number of anilines is 9. The zero-order valence-corrected chi connectivity index (χ0v) is 67.3. The Bertz CT molecular complexity index is 8050. The molecule has 123 heavy (non-hydrogen) atoms. The van der Waals surface area contributed by atoms with Gasteiger partial charge in [-0.1, -0.05) is 362 Å². The lowest BCUT2D eigenvalue weighted by atomic mass is 9.35. The number of para-hydroxylation sites is 5. The Morgan fingerprint density at radius 1 is 0.195 bits per heavy atom. The molecule has 21 aromatic rings. The number of rotatable bonds is 7. The number of fused-ring (bicyclic) bond motifs is 8. The lowest BCUT2D eigenvalue weighted by molar-refractivity contribution is 1.30. The summed E-state index contributed by atoms with van der Waals surface area (Å²) in [6.07, 6.45) is 0. The van der Waals surface area contributed by atoms with Crippen LogP contribution in [0.2, 0.25) is 0 Å². The summed E-state index contributed by atoms with van der Waals surface area (Å²) in [5, 5.41) is 5.56. The second-order valence-corrected chi connectivity index (χ2v) is 34.5. The molecule has 0 bridgehead atoms. The van der Waals surface area contributed by atoms with Crippen molar-refractivity contribution in [3.8, 4) is 100 Å². The lowest BCUT2D eigenvalue weighted by Gasteiger charge is -2.37. The average molecular weight is 1550 g/mol. The molecule has 0 saturated carbocycles. The highest BCUT2D eigenvalue weighted by molar-refractivity contribution is 7.06. The van der Waals surface area contributed by atoms with Crippen LogP contribution in [0.1, 0.15) is 5.56 Å². The van der Waals surface area contributed by atoms with E-state index < -0.39 is 0 Å². The molecule has 10 aliphatic heterocycles. The third-order valence-corrected chi connectivity index (χ3v) is 28.7. The zero-order chi connectivity index (χ0) is 80.1. The summed E-state index contributed by atoms with van der Waals surface area (Å²) in [7, 11) is 0. The van der Waals surface area contributed by atoms with Crippen LogP contribution in [-0.4, -0.2) is 31.3 Å². The first-order chi connectivity index (χ1) is 61.1. The van der Waals surface area contributed by atoms with Gasteiger partial charge in [-0.3, -0.25) is 0 Å². The Balaban J connectivity index is 0.0000000843. The Morgan fingerprint density at radius 2 is 0.561 bits per heavy atom. The normalized spacial score (nSPS) is 13.5. The first kappa shape index (κ1) is 67.5. The molecule has 0 fully saturated rings. The first-order valence-corrected chi connectivity index (χ1v) is 43.4. The van der Waals surface area contributed by atoms with E-state index in [1.54, 1.807) is 0 Å². The van der Waals surface area contributed by atoms with Gasteiger partial charge in [0.1, 0.15) is 0 Å². The predicted octanol–water partition coefficient (Wildman–Crippen LogP) is 20.8. The van der Waals surface area contributed by atoms with Crippen molar-refractivity contribution in [3.63, 3.8) is 0 Å². The van der Waals surface area contributed by atoms with Crippen LogP contribution in [0.15, 0.2) is 406 Å². The van der Waals surface area contributed by atoms with Crippen LogP contribution in [0.3, 0.4) is 0 Å². The highest BCUT2D eigenvalue weighted by Crippen LogP contribution is 2.53. The highest BCUT2D eigenvalue weighted by Gasteiger charge is 2.53. The molecule has 12 heterocycles. The molecule has 4 nitrogen and oxygen atoms in total. The Labute approximate surface area is 714 Å². The smallest absolute Gasteiger partial charge is 0.249 e. The van der Waals surface area contributed by atoms with Crippen LogP contribution in [0.5, 0.6) is 0 Å². The van der Waals surface area contributed by atoms with Gasteiger partial charge >= 0.3 is 0 Å². The molecule has 0 spiro atoms. The van der Waals surface area contributed by atoms with Crippen molar-refractivity contribution in [1.29, 1.82) is 0 Å². The molecule has 10 aliphatic rings. The van der Waals surface area contributed by atoms with Crippen LogP contribution in [0.4, 0.5) is 51.2 Å². The summed E-state index contributed by atoms with van der Waals surface area (Å²) in [4.78, 5) is 7.49. The lowest BCUT2D eigenvalue weighted by Crippen LogP contribution is -2.54. The van der Waals surface area contributed by atoms with Gasteiger partial charge in [-0.05, 0) is 212 Å². The molecule has 0 saturated heterocycles. The van der Waals surface area contributed by atoms with Crippen LogP contribution < -0.4 is 80.3 Å². The van der Waals surface area contributed by atoms with E-state index in [0.29, 0.717) is 20.1 Å². The molecular weight excluding hydrogens is 1480 g/mol. The van der Waals surface area contributed by atoms with Gasteiger partial charge < -0.3 is 19.1 Å². The summed E-state index contributed by atoms with van der Waals surface area (Å²) in [6, 6.07) is 149. The van der Waals surface area contributed by atoms with Crippen molar-refractivity contribution in [3.05, 3.63) is 412 Å². The molecule has 2 aromatic heterocycles. The molecule has 19 aromatic carbocycles. The predicted molar refractivity (Wildman–Crippen MR) is 524 cm³/mol. The van der Waals surface area contributed by atoms with Crippen molar-refractivity contribution in [2.45, 2.75) is 6.92 Å². The number of hydrogen-bond acceptors (Lipinski definition) is 3. The summed E-state index contributed by atoms with van der Waals surface area (Å²) in [6.45, 7) is 3.58. The topological polar surface area (TPSA) is 14.1 Å². The van der Waals surface area contributed by atoms with E-state index in [1.807, 2.05) is 0 Å². The molecule has 562 valence electrons. The number of hydrogen-bond donors (Lipinski definition) is 0. The van der Waals surface area contributed by atoms with E-state index in [0.717, 1.165) is 0 Å². The maximum Gasteiger partial charge on any atom is 0.249 e. The first-order valence-electron chi connectivity index (χ1n) is 43.4. The average Bonchev–Trinajstić information content (AvgIpc) is 1.53. The van der Waals surface area contributed by atoms with Crippen molar-refractivity contribution in [2.75, 3.05) is 14.7 Å². The van der Waals surface area contributed by atoms with Crippen LogP contribution in [0, 0.1) is 6.92 Å². The molecule has 0 aliphatic carbocycles. The fraction of sp³-hybridized carbons (Fsp3) is 0.00870. The van der Waals surface area contributed by atoms with Crippen LogP contribution in [0.25, 0.3) is 138 Å². The van der Waals surface area contributed by atoms with Crippen LogP contribution >= 0.6 is 0 Å². The largest absolute Gasteiger partial charge is 0.311 e.